The average Bonchev–Trinajstić information content (AvgIpc) is 3.35. The summed E-state index contributed by atoms with van der Waals surface area (Å²) in [6.45, 7) is 1.95. The summed E-state index contributed by atoms with van der Waals surface area (Å²) in [6, 6.07) is 8.98. The molecule has 16 heteroatoms. The quantitative estimate of drug-likeness (QED) is 0.185. The van der Waals surface area contributed by atoms with Gasteiger partial charge >= 0.3 is 12.4 Å². The van der Waals surface area contributed by atoms with Crippen LogP contribution in [0.4, 0.5) is 32.0 Å². The van der Waals surface area contributed by atoms with E-state index < -0.39 is 63.5 Å². The molecule has 1 unspecified atom stereocenters. The number of carbonyl (C=O) groups is 2. The molecule has 1 fully saturated rings. The van der Waals surface area contributed by atoms with E-state index in [-0.39, 0.29) is 12.2 Å². The van der Waals surface area contributed by atoms with Crippen molar-refractivity contribution in [2.75, 3.05) is 11.9 Å². The van der Waals surface area contributed by atoms with Gasteiger partial charge in [0.25, 0.3) is 11.8 Å². The second kappa shape index (κ2) is 11.3. The smallest absolute Gasteiger partial charge is 0.321 e. The number of fused-ring (bicyclic) bond motifs is 1. The minimum atomic E-state index is -4.94. The predicted octanol–water partition coefficient (Wildman–Crippen LogP) is 6.61. The molecule has 2 aliphatic heterocycles. The van der Waals surface area contributed by atoms with Gasteiger partial charge in [-0.05, 0) is 66.9 Å². The van der Waals surface area contributed by atoms with E-state index in [2.05, 4.69) is 20.5 Å². The molecule has 1 N–H and O–H groups in total. The molecular weight excluding hydrogens is 618 g/mol. The van der Waals surface area contributed by atoms with Crippen LogP contribution >= 0.6 is 11.6 Å². The van der Waals surface area contributed by atoms with Crippen molar-refractivity contribution in [1.29, 1.82) is 0 Å². The Labute approximate surface area is 250 Å². The van der Waals surface area contributed by atoms with Crippen molar-refractivity contribution in [2.24, 2.45) is 5.18 Å². The molecule has 2 amide bonds. The van der Waals surface area contributed by atoms with Crippen LogP contribution in [0.3, 0.4) is 0 Å². The van der Waals surface area contributed by atoms with Crippen molar-refractivity contribution in [1.82, 2.24) is 20.0 Å². The van der Waals surface area contributed by atoms with E-state index in [0.717, 1.165) is 6.07 Å². The zero-order valence-corrected chi connectivity index (χ0v) is 23.4. The fourth-order valence-electron chi connectivity index (χ4n) is 5.39. The average molecular weight is 639 g/mol. The lowest BCUT2D eigenvalue weighted by molar-refractivity contribution is -0.157. The van der Waals surface area contributed by atoms with Gasteiger partial charge in [0.2, 0.25) is 0 Å². The summed E-state index contributed by atoms with van der Waals surface area (Å²) in [5, 5.41) is 8.65. The molecule has 2 aromatic carbocycles. The number of carbonyl (C=O) groups excluding carboxylic acids is 2. The van der Waals surface area contributed by atoms with Gasteiger partial charge in [0.05, 0.1) is 29.0 Å². The van der Waals surface area contributed by atoms with Gasteiger partial charge in [-0.25, -0.2) is 15.0 Å². The maximum atomic E-state index is 13.8. The van der Waals surface area contributed by atoms with Crippen molar-refractivity contribution in [3.63, 3.8) is 0 Å². The molecule has 1 aromatic heterocycles. The summed E-state index contributed by atoms with van der Waals surface area (Å²) in [7, 11) is 0. The van der Waals surface area contributed by atoms with Gasteiger partial charge in [0.1, 0.15) is 23.3 Å². The van der Waals surface area contributed by atoms with E-state index in [0.29, 0.717) is 54.5 Å². The number of benzene rings is 2. The predicted molar refractivity (Wildman–Crippen MR) is 145 cm³/mol. The minimum Gasteiger partial charge on any atom is -0.321 e. The third-order valence-electron chi connectivity index (χ3n) is 7.46. The van der Waals surface area contributed by atoms with E-state index in [1.807, 2.05) is 0 Å². The standard InChI is InChI=1S/C28H21ClF6N6O3/c1-26-8-3-9-41(26)40(13-15-4-2-5-17(29)10-15)25(43)22(23(26)39-44)24(42)38-19-7-6-16(27(30,31)32)11-18(19)20-12-21(28(33,34)35)37-14-36-20/h2,4-7,10-12,14H,3,8-9,13H2,1H3,(H,38,42). The summed E-state index contributed by atoms with van der Waals surface area (Å²) < 4.78 is 80.8. The Morgan fingerprint density at radius 2 is 1.82 bits per heavy atom. The molecule has 0 spiro atoms. The SMILES string of the molecule is CC12CCCN1N(Cc1cccc(Cl)c1)C(=O)C(C(=O)Nc1ccc(C(F)(F)F)cc1-c1cc(C(F)(F)F)ncn1)=C2N=O. The number of nitrogens with one attached hydrogen (secondary N) is 1. The molecule has 3 aromatic rings. The Morgan fingerprint density at radius 3 is 2.48 bits per heavy atom. The van der Waals surface area contributed by atoms with Gasteiger partial charge in [-0.15, -0.1) is 4.91 Å². The van der Waals surface area contributed by atoms with E-state index in [4.69, 9.17) is 11.6 Å². The molecule has 1 atom stereocenters. The van der Waals surface area contributed by atoms with Gasteiger partial charge in [0, 0.05) is 17.1 Å². The van der Waals surface area contributed by atoms with Gasteiger partial charge < -0.3 is 5.32 Å². The molecule has 1 saturated heterocycles. The van der Waals surface area contributed by atoms with Crippen LogP contribution in [0.2, 0.25) is 5.02 Å². The largest absolute Gasteiger partial charge is 0.433 e. The topological polar surface area (TPSA) is 108 Å². The normalized spacial score (nSPS) is 19.3. The monoisotopic (exact) mass is 638 g/mol. The molecule has 0 aliphatic carbocycles. The molecule has 9 nitrogen and oxygen atoms in total. The molecule has 44 heavy (non-hydrogen) atoms. The molecule has 5 rings (SSSR count). The number of aromatic nitrogens is 2. The number of halogens is 7. The molecule has 3 heterocycles. The van der Waals surface area contributed by atoms with Crippen LogP contribution in [0.25, 0.3) is 11.3 Å². The Bertz CT molecular complexity index is 1690. The van der Waals surface area contributed by atoms with Gasteiger partial charge in [-0.2, -0.15) is 26.3 Å². The summed E-state index contributed by atoms with van der Waals surface area (Å²) in [5.74, 6) is -2.11. The highest BCUT2D eigenvalue weighted by Crippen LogP contribution is 2.44. The van der Waals surface area contributed by atoms with Crippen LogP contribution in [0.1, 0.15) is 36.6 Å². The molecule has 0 bridgehead atoms. The Hall–Kier alpha value is -4.37. The Balaban J connectivity index is 1.59. The lowest BCUT2D eigenvalue weighted by Crippen LogP contribution is -2.60. The third-order valence-corrected chi connectivity index (χ3v) is 7.69. The maximum Gasteiger partial charge on any atom is 0.433 e. The number of amides is 2. The maximum absolute atomic E-state index is 13.8. The summed E-state index contributed by atoms with van der Waals surface area (Å²) in [6.07, 6.45) is -8.43. The lowest BCUT2D eigenvalue weighted by Gasteiger charge is -2.46. The van der Waals surface area contributed by atoms with Gasteiger partial charge in [-0.3, -0.25) is 14.6 Å². The molecular formula is C28H21ClF6N6O3. The zero-order chi connectivity index (χ0) is 32.0. The van der Waals surface area contributed by atoms with Crippen molar-refractivity contribution in [3.05, 3.63) is 92.9 Å². The van der Waals surface area contributed by atoms with Crippen molar-refractivity contribution >= 4 is 29.1 Å². The first-order valence-electron chi connectivity index (χ1n) is 13.0. The first-order valence-corrected chi connectivity index (χ1v) is 13.4. The zero-order valence-electron chi connectivity index (χ0n) is 22.6. The van der Waals surface area contributed by atoms with E-state index in [1.165, 1.54) is 5.01 Å². The highest BCUT2D eigenvalue weighted by molar-refractivity contribution is 6.30. The number of rotatable bonds is 6. The minimum absolute atomic E-state index is 0.0371. The number of nitrogens with zero attached hydrogens (tertiary/aromatic N) is 5. The second-order valence-electron chi connectivity index (χ2n) is 10.3. The number of hydrogen-bond acceptors (Lipinski definition) is 7. The first kappa shape index (κ1) is 31.1. The van der Waals surface area contributed by atoms with E-state index in [1.54, 1.807) is 36.2 Å². The van der Waals surface area contributed by atoms with Crippen LogP contribution in [0.15, 0.2) is 71.3 Å². The van der Waals surface area contributed by atoms with Crippen LogP contribution in [-0.2, 0) is 28.5 Å². The molecule has 0 radical (unpaired) electrons. The Kier molecular flexibility index (Phi) is 7.97. The number of alkyl halides is 6. The number of hydrazine groups is 1. The van der Waals surface area contributed by atoms with Crippen molar-refractivity contribution in [3.8, 4) is 11.3 Å². The van der Waals surface area contributed by atoms with Crippen LogP contribution in [-0.4, -0.2) is 43.9 Å². The molecule has 2 aliphatic rings. The van der Waals surface area contributed by atoms with Crippen LogP contribution in [0.5, 0.6) is 0 Å². The summed E-state index contributed by atoms with van der Waals surface area (Å²) in [4.78, 5) is 46.5. The van der Waals surface area contributed by atoms with Gasteiger partial charge in [-0.1, -0.05) is 23.7 Å². The van der Waals surface area contributed by atoms with E-state index in [9.17, 15) is 40.8 Å². The fraction of sp³-hybridized carbons (Fsp3) is 0.286. The van der Waals surface area contributed by atoms with Crippen molar-refractivity contribution in [2.45, 2.75) is 44.2 Å². The lowest BCUT2D eigenvalue weighted by atomic mass is 9.89. The first-order chi connectivity index (χ1) is 20.6. The summed E-state index contributed by atoms with van der Waals surface area (Å²) in [5.41, 5.74) is -5.79. The van der Waals surface area contributed by atoms with Gasteiger partial charge in [0.15, 0.2) is 0 Å². The highest BCUT2D eigenvalue weighted by Gasteiger charge is 2.53. The number of anilines is 1. The highest BCUT2D eigenvalue weighted by atomic mass is 35.5. The van der Waals surface area contributed by atoms with Crippen LogP contribution < -0.4 is 5.32 Å². The third kappa shape index (κ3) is 5.76. The molecule has 230 valence electrons. The Morgan fingerprint density at radius 1 is 1.07 bits per heavy atom. The van der Waals surface area contributed by atoms with Crippen LogP contribution in [0, 0.1) is 4.91 Å². The second-order valence-corrected chi connectivity index (χ2v) is 10.7. The fourth-order valence-corrected chi connectivity index (χ4v) is 5.60. The van der Waals surface area contributed by atoms with E-state index >= 15 is 0 Å². The number of hydrogen-bond donors (Lipinski definition) is 1. The summed E-state index contributed by atoms with van der Waals surface area (Å²) >= 11 is 6.10. The molecule has 0 saturated carbocycles. The van der Waals surface area contributed by atoms with Crippen molar-refractivity contribution < 1.29 is 35.9 Å². The number of nitroso groups, excluding NO2 is 1.